The second kappa shape index (κ2) is 10.5. The van der Waals surface area contributed by atoms with Crippen LogP contribution in [0.4, 0.5) is 15.9 Å². The lowest BCUT2D eigenvalue weighted by molar-refractivity contribution is -0.137. The molecule has 0 saturated carbocycles. The number of aromatic nitrogens is 2. The number of carboxylic acid groups (broad SMARTS) is 1. The second-order valence-corrected chi connectivity index (χ2v) is 10.6. The number of rotatable bonds is 6. The zero-order valence-corrected chi connectivity index (χ0v) is 22.1. The first-order valence-electron chi connectivity index (χ1n) is 12.0. The third-order valence-corrected chi connectivity index (χ3v) is 7.91. The van der Waals surface area contributed by atoms with Crippen molar-refractivity contribution in [1.29, 1.82) is 0 Å². The zero-order chi connectivity index (χ0) is 27.0. The molecule has 0 radical (unpaired) electrons. The van der Waals surface area contributed by atoms with Crippen LogP contribution in [0.15, 0.2) is 52.3 Å². The number of carbonyl (C=O) groups is 2. The van der Waals surface area contributed by atoms with E-state index in [2.05, 4.69) is 0 Å². The molecule has 3 aromatic rings. The van der Waals surface area contributed by atoms with E-state index >= 15 is 0 Å². The number of piperazine rings is 1. The number of para-hydroxylation sites is 1. The standard InChI is InChI=1S/C26H24FN5O4S2/c1-16-5-4-9-31-22(16)28-23(30-13-11-29(12-14-30)19-7-3-2-6-18(19)27)17(24(31)35)15-20-25(36)32(26(37)38-20)10-8-21(33)34/h2-7,9,15H,8,10-14H2,1H3,(H,33,34). The lowest BCUT2D eigenvalue weighted by atomic mass is 10.2. The van der Waals surface area contributed by atoms with Crippen molar-refractivity contribution in [3.8, 4) is 0 Å². The van der Waals surface area contributed by atoms with Crippen molar-refractivity contribution in [3.63, 3.8) is 0 Å². The molecule has 2 aliphatic heterocycles. The third-order valence-electron chi connectivity index (χ3n) is 6.53. The Morgan fingerprint density at radius 2 is 1.84 bits per heavy atom. The summed E-state index contributed by atoms with van der Waals surface area (Å²) >= 11 is 6.34. The van der Waals surface area contributed by atoms with Crippen molar-refractivity contribution in [2.45, 2.75) is 13.3 Å². The van der Waals surface area contributed by atoms with Gasteiger partial charge in [-0.1, -0.05) is 42.2 Å². The molecule has 2 saturated heterocycles. The summed E-state index contributed by atoms with van der Waals surface area (Å²) in [5.41, 5.74) is 1.77. The van der Waals surface area contributed by atoms with Crippen molar-refractivity contribution in [3.05, 3.63) is 74.8 Å². The van der Waals surface area contributed by atoms with E-state index < -0.39 is 11.9 Å². The maximum Gasteiger partial charge on any atom is 0.305 e. The predicted molar refractivity (Wildman–Crippen MR) is 149 cm³/mol. The lowest BCUT2D eigenvalue weighted by Crippen LogP contribution is -2.47. The van der Waals surface area contributed by atoms with Gasteiger partial charge in [-0.15, -0.1) is 0 Å². The fourth-order valence-electron chi connectivity index (χ4n) is 4.57. The molecule has 1 N–H and O–H groups in total. The van der Waals surface area contributed by atoms with Gasteiger partial charge in [0.2, 0.25) is 0 Å². The van der Waals surface area contributed by atoms with Gasteiger partial charge < -0.3 is 14.9 Å². The van der Waals surface area contributed by atoms with Crippen molar-refractivity contribution < 1.29 is 19.1 Å². The van der Waals surface area contributed by atoms with E-state index in [1.807, 2.05) is 22.8 Å². The molecule has 2 aromatic heterocycles. The van der Waals surface area contributed by atoms with Gasteiger partial charge >= 0.3 is 5.97 Å². The number of aryl methyl sites for hydroxylation is 1. The first-order valence-corrected chi connectivity index (χ1v) is 13.2. The van der Waals surface area contributed by atoms with Crippen LogP contribution in [0, 0.1) is 12.7 Å². The van der Waals surface area contributed by atoms with E-state index in [-0.39, 0.29) is 39.1 Å². The van der Waals surface area contributed by atoms with Crippen LogP contribution >= 0.6 is 24.0 Å². The number of carboxylic acids is 1. The summed E-state index contributed by atoms with van der Waals surface area (Å²) < 4.78 is 16.0. The minimum Gasteiger partial charge on any atom is -0.481 e. The number of thioether (sulfide) groups is 1. The molecule has 2 aliphatic rings. The third kappa shape index (κ3) is 4.88. The van der Waals surface area contributed by atoms with Gasteiger partial charge in [0.25, 0.3) is 11.5 Å². The number of benzene rings is 1. The van der Waals surface area contributed by atoms with Crippen LogP contribution in [0.3, 0.4) is 0 Å². The maximum absolute atomic E-state index is 14.4. The molecule has 5 rings (SSSR count). The molecular formula is C26H24FN5O4S2. The molecule has 12 heteroatoms. The number of amides is 1. The number of pyridine rings is 1. The molecule has 4 heterocycles. The number of anilines is 2. The normalized spacial score (nSPS) is 17.2. The molecule has 1 amide bonds. The quantitative estimate of drug-likeness (QED) is 0.365. The largest absolute Gasteiger partial charge is 0.481 e. The predicted octanol–water partition coefficient (Wildman–Crippen LogP) is 3.14. The molecule has 1 aromatic carbocycles. The molecule has 0 aliphatic carbocycles. The lowest BCUT2D eigenvalue weighted by Gasteiger charge is -2.37. The summed E-state index contributed by atoms with van der Waals surface area (Å²) in [6.07, 6.45) is 2.90. The molecule has 0 atom stereocenters. The number of carbonyl (C=O) groups excluding carboxylic acids is 1. The molecule has 0 bridgehead atoms. The first kappa shape index (κ1) is 25.9. The van der Waals surface area contributed by atoms with Crippen LogP contribution in [0.2, 0.25) is 0 Å². The average Bonchev–Trinajstić information content (AvgIpc) is 3.17. The highest BCUT2D eigenvalue weighted by molar-refractivity contribution is 8.26. The average molecular weight is 554 g/mol. The van der Waals surface area contributed by atoms with Crippen LogP contribution in [0.5, 0.6) is 0 Å². The van der Waals surface area contributed by atoms with Crippen LogP contribution < -0.4 is 15.4 Å². The van der Waals surface area contributed by atoms with Crippen LogP contribution in [-0.4, -0.2) is 68.3 Å². The first-order chi connectivity index (χ1) is 18.2. The smallest absolute Gasteiger partial charge is 0.305 e. The monoisotopic (exact) mass is 553 g/mol. The Morgan fingerprint density at radius 1 is 1.13 bits per heavy atom. The molecule has 0 spiro atoms. The summed E-state index contributed by atoms with van der Waals surface area (Å²) in [5, 5.41) is 9.01. The van der Waals surface area contributed by atoms with Crippen molar-refractivity contribution in [2.24, 2.45) is 0 Å². The molecular weight excluding hydrogens is 529 g/mol. The van der Waals surface area contributed by atoms with Gasteiger partial charge in [0.1, 0.15) is 21.6 Å². The summed E-state index contributed by atoms with van der Waals surface area (Å²) in [4.78, 5) is 48.0. The minimum absolute atomic E-state index is 0.0453. The summed E-state index contributed by atoms with van der Waals surface area (Å²) in [7, 11) is 0. The highest BCUT2D eigenvalue weighted by Gasteiger charge is 2.33. The molecule has 2 fully saturated rings. The molecule has 196 valence electrons. The highest BCUT2D eigenvalue weighted by Crippen LogP contribution is 2.34. The topological polar surface area (TPSA) is 98.5 Å². The number of thiocarbonyl (C=S) groups is 1. The van der Waals surface area contributed by atoms with Crippen LogP contribution in [-0.2, 0) is 9.59 Å². The minimum atomic E-state index is -1.04. The fourth-order valence-corrected chi connectivity index (χ4v) is 5.86. The van der Waals surface area contributed by atoms with E-state index in [1.54, 1.807) is 30.5 Å². The van der Waals surface area contributed by atoms with Gasteiger partial charge in [-0.05, 0) is 36.8 Å². The number of aliphatic carboxylic acids is 1. The Labute approximate surface area is 227 Å². The van der Waals surface area contributed by atoms with E-state index in [9.17, 15) is 18.8 Å². The van der Waals surface area contributed by atoms with Gasteiger partial charge in [-0.3, -0.25) is 23.7 Å². The van der Waals surface area contributed by atoms with Crippen molar-refractivity contribution >= 4 is 63.4 Å². The van der Waals surface area contributed by atoms with Crippen molar-refractivity contribution in [1.82, 2.24) is 14.3 Å². The van der Waals surface area contributed by atoms with E-state index in [0.717, 1.165) is 17.3 Å². The Balaban J connectivity index is 1.52. The SMILES string of the molecule is Cc1cccn2c(=O)c(C=C3SC(=S)N(CCC(=O)O)C3=O)c(N3CCN(c4ccccc4F)CC3)nc12. The Morgan fingerprint density at radius 3 is 2.55 bits per heavy atom. The molecule has 9 nitrogen and oxygen atoms in total. The van der Waals surface area contributed by atoms with Gasteiger partial charge in [-0.25, -0.2) is 9.37 Å². The van der Waals surface area contributed by atoms with Gasteiger partial charge in [0, 0.05) is 38.9 Å². The second-order valence-electron chi connectivity index (χ2n) is 8.94. The summed E-state index contributed by atoms with van der Waals surface area (Å²) in [5.74, 6) is -1.32. The van der Waals surface area contributed by atoms with Gasteiger partial charge in [0.15, 0.2) is 0 Å². The maximum atomic E-state index is 14.4. The Kier molecular flexibility index (Phi) is 7.17. The van der Waals surface area contributed by atoms with Crippen LogP contribution in [0.1, 0.15) is 17.5 Å². The van der Waals surface area contributed by atoms with Gasteiger partial charge in [0.05, 0.1) is 22.6 Å². The number of halogens is 1. The van der Waals surface area contributed by atoms with Crippen LogP contribution in [0.25, 0.3) is 11.7 Å². The molecule has 38 heavy (non-hydrogen) atoms. The number of nitrogens with zero attached hydrogens (tertiary/aromatic N) is 5. The summed E-state index contributed by atoms with van der Waals surface area (Å²) in [6, 6.07) is 10.3. The number of fused-ring (bicyclic) bond motifs is 1. The van der Waals surface area contributed by atoms with Gasteiger partial charge in [-0.2, -0.15) is 0 Å². The number of hydrogen-bond donors (Lipinski definition) is 1. The Bertz CT molecular complexity index is 1550. The highest BCUT2D eigenvalue weighted by atomic mass is 32.2. The summed E-state index contributed by atoms with van der Waals surface area (Å²) in [6.45, 7) is 3.84. The Hall–Kier alpha value is -3.77. The van der Waals surface area contributed by atoms with Crippen molar-refractivity contribution in [2.75, 3.05) is 42.5 Å². The zero-order valence-electron chi connectivity index (χ0n) is 20.5. The molecule has 0 unspecified atom stereocenters. The number of hydrogen-bond acceptors (Lipinski definition) is 8. The van der Waals surface area contributed by atoms with E-state index in [1.165, 1.54) is 21.4 Å². The van der Waals surface area contributed by atoms with E-state index in [0.29, 0.717) is 43.3 Å². The van der Waals surface area contributed by atoms with E-state index in [4.69, 9.17) is 22.3 Å². The fraction of sp³-hybridized carbons (Fsp3) is 0.269.